The SMILES string of the molecule is C=CCN1C(=O)[C@]2(O[C@H](CC(=O)N3Cc4ccccc4C[C@H]3CO)[C@@H](C(C)(C)c3ccc(OC)cc3)[C@@H]2C)c2cc(N3CCC3=O)ccc21. The Morgan fingerprint density at radius 1 is 1.10 bits per heavy atom. The van der Waals surface area contributed by atoms with Crippen molar-refractivity contribution in [1.29, 1.82) is 0 Å². The van der Waals surface area contributed by atoms with E-state index in [-0.39, 0.29) is 48.6 Å². The summed E-state index contributed by atoms with van der Waals surface area (Å²) in [5, 5.41) is 10.4. The van der Waals surface area contributed by atoms with Crippen LogP contribution in [0.5, 0.6) is 5.75 Å². The first-order valence-corrected chi connectivity index (χ1v) is 17.2. The van der Waals surface area contributed by atoms with E-state index in [1.54, 1.807) is 27.9 Å². The van der Waals surface area contributed by atoms with E-state index in [9.17, 15) is 19.5 Å². The molecule has 256 valence electrons. The Morgan fingerprint density at radius 2 is 1.84 bits per heavy atom. The molecule has 9 nitrogen and oxygen atoms in total. The number of aliphatic hydroxyl groups excluding tert-OH is 1. The van der Waals surface area contributed by atoms with Crippen molar-refractivity contribution in [3.63, 3.8) is 0 Å². The summed E-state index contributed by atoms with van der Waals surface area (Å²) in [6, 6.07) is 21.4. The van der Waals surface area contributed by atoms with E-state index in [1.807, 2.05) is 60.7 Å². The smallest absolute Gasteiger partial charge is 0.264 e. The highest BCUT2D eigenvalue weighted by Gasteiger charge is 2.66. The minimum atomic E-state index is -1.38. The Hall–Kier alpha value is -4.47. The minimum Gasteiger partial charge on any atom is -0.497 e. The maximum Gasteiger partial charge on any atom is 0.264 e. The molecule has 7 rings (SSSR count). The minimum absolute atomic E-state index is 0.0450. The second-order valence-corrected chi connectivity index (χ2v) is 14.4. The monoisotopic (exact) mass is 663 g/mol. The summed E-state index contributed by atoms with van der Waals surface area (Å²) in [7, 11) is 1.64. The quantitative estimate of drug-likeness (QED) is 0.252. The van der Waals surface area contributed by atoms with Crippen molar-refractivity contribution < 1.29 is 29.0 Å². The van der Waals surface area contributed by atoms with Gasteiger partial charge in [-0.2, -0.15) is 0 Å². The van der Waals surface area contributed by atoms with Gasteiger partial charge in [0.05, 0.1) is 38.0 Å². The van der Waals surface area contributed by atoms with Gasteiger partial charge in [0, 0.05) is 49.1 Å². The van der Waals surface area contributed by atoms with Crippen molar-refractivity contribution in [2.75, 3.05) is 36.6 Å². The molecule has 9 heteroatoms. The maximum absolute atomic E-state index is 14.8. The van der Waals surface area contributed by atoms with Crippen molar-refractivity contribution >= 4 is 29.1 Å². The van der Waals surface area contributed by atoms with Crippen LogP contribution < -0.4 is 14.5 Å². The number of hydrogen-bond donors (Lipinski definition) is 1. The topological polar surface area (TPSA) is 99.6 Å². The van der Waals surface area contributed by atoms with Crippen LogP contribution in [0.3, 0.4) is 0 Å². The molecule has 3 aromatic carbocycles. The molecule has 0 radical (unpaired) electrons. The molecule has 5 atom stereocenters. The van der Waals surface area contributed by atoms with Crippen LogP contribution in [0.4, 0.5) is 11.4 Å². The molecule has 0 aliphatic carbocycles. The highest BCUT2D eigenvalue weighted by molar-refractivity contribution is 6.09. The Kier molecular flexibility index (Phi) is 8.40. The van der Waals surface area contributed by atoms with E-state index in [0.29, 0.717) is 32.5 Å². The molecular weight excluding hydrogens is 618 g/mol. The number of ether oxygens (including phenoxy) is 2. The molecule has 4 heterocycles. The van der Waals surface area contributed by atoms with E-state index in [1.165, 1.54) is 0 Å². The number of aliphatic hydroxyl groups is 1. The van der Waals surface area contributed by atoms with Crippen LogP contribution in [-0.2, 0) is 43.1 Å². The fourth-order valence-electron chi connectivity index (χ4n) is 8.90. The van der Waals surface area contributed by atoms with E-state index in [2.05, 4.69) is 33.4 Å². The molecule has 4 aliphatic heterocycles. The molecular formula is C40H45N3O6. The predicted octanol–water partition coefficient (Wildman–Crippen LogP) is 5.12. The van der Waals surface area contributed by atoms with Gasteiger partial charge < -0.3 is 29.3 Å². The van der Waals surface area contributed by atoms with Crippen LogP contribution in [0.1, 0.15) is 55.9 Å². The van der Waals surface area contributed by atoms with E-state index in [0.717, 1.165) is 39.4 Å². The third-order valence-electron chi connectivity index (χ3n) is 11.6. The lowest BCUT2D eigenvalue weighted by Gasteiger charge is -2.40. The van der Waals surface area contributed by atoms with Crippen molar-refractivity contribution in [1.82, 2.24) is 4.90 Å². The predicted molar refractivity (Wildman–Crippen MR) is 187 cm³/mol. The van der Waals surface area contributed by atoms with Gasteiger partial charge in [-0.3, -0.25) is 14.4 Å². The van der Waals surface area contributed by atoms with Crippen LogP contribution >= 0.6 is 0 Å². The summed E-state index contributed by atoms with van der Waals surface area (Å²) >= 11 is 0. The zero-order valence-electron chi connectivity index (χ0n) is 28.7. The molecule has 1 N–H and O–H groups in total. The molecule has 0 saturated carbocycles. The average molecular weight is 664 g/mol. The lowest BCUT2D eigenvalue weighted by atomic mass is 9.63. The fraction of sp³-hybridized carbons (Fsp3) is 0.425. The summed E-state index contributed by atoms with van der Waals surface area (Å²) in [6.45, 7) is 11.5. The van der Waals surface area contributed by atoms with Gasteiger partial charge >= 0.3 is 0 Å². The fourth-order valence-corrected chi connectivity index (χ4v) is 8.90. The first kappa shape index (κ1) is 33.0. The van der Waals surface area contributed by atoms with Crippen LogP contribution in [0.25, 0.3) is 0 Å². The number of benzene rings is 3. The number of methoxy groups -OCH3 is 1. The van der Waals surface area contributed by atoms with Crippen LogP contribution in [0, 0.1) is 11.8 Å². The standard InChI is InChI=1S/C40H45N3O6/c1-6-18-42-33-16-13-29(41-19-17-35(41)45)21-32(33)40(38(42)47)25(2)37(39(3,4)28-11-14-31(48-5)15-12-28)34(49-40)22-36(46)43-23-27-10-8-7-9-26(27)20-30(43)24-44/h6-16,21,25,30,34,37,44H,1,17-20,22-24H2,2-5H3/t25-,30-,34+,37-,40+/m0/s1. The van der Waals surface area contributed by atoms with Gasteiger partial charge in [0.2, 0.25) is 11.8 Å². The summed E-state index contributed by atoms with van der Waals surface area (Å²) in [4.78, 5) is 47.0. The molecule has 3 amide bonds. The molecule has 49 heavy (non-hydrogen) atoms. The summed E-state index contributed by atoms with van der Waals surface area (Å²) in [5.41, 5.74) is 3.51. The molecule has 4 aliphatic rings. The number of carbonyl (C=O) groups excluding carboxylic acids is 3. The van der Waals surface area contributed by atoms with Gasteiger partial charge in [-0.1, -0.05) is 63.2 Å². The summed E-state index contributed by atoms with van der Waals surface area (Å²) < 4.78 is 12.6. The lowest BCUT2D eigenvalue weighted by molar-refractivity contribution is -0.151. The molecule has 3 aromatic rings. The second-order valence-electron chi connectivity index (χ2n) is 14.4. The molecule has 1 spiro atoms. The maximum atomic E-state index is 14.8. The van der Waals surface area contributed by atoms with Gasteiger partial charge in [-0.25, -0.2) is 0 Å². The normalized spacial score (nSPS) is 26.1. The number of hydrogen-bond acceptors (Lipinski definition) is 6. The van der Waals surface area contributed by atoms with E-state index >= 15 is 0 Å². The van der Waals surface area contributed by atoms with Gasteiger partial charge in [0.1, 0.15) is 5.75 Å². The Balaban J connectivity index is 1.32. The zero-order valence-corrected chi connectivity index (χ0v) is 28.7. The van der Waals surface area contributed by atoms with Crippen LogP contribution in [0.2, 0.25) is 0 Å². The number of anilines is 2. The first-order valence-electron chi connectivity index (χ1n) is 17.2. The van der Waals surface area contributed by atoms with Crippen LogP contribution in [-0.4, -0.2) is 66.7 Å². The van der Waals surface area contributed by atoms with E-state index < -0.39 is 17.1 Å². The molecule has 2 fully saturated rings. The largest absolute Gasteiger partial charge is 0.497 e. The van der Waals surface area contributed by atoms with Crippen molar-refractivity contribution in [2.24, 2.45) is 11.8 Å². The number of β-lactam (4-membered cyclic amide) rings is 1. The third-order valence-corrected chi connectivity index (χ3v) is 11.6. The second kappa shape index (κ2) is 12.4. The van der Waals surface area contributed by atoms with Crippen molar-refractivity contribution in [3.05, 3.63) is 102 Å². The highest BCUT2D eigenvalue weighted by atomic mass is 16.5. The van der Waals surface area contributed by atoms with Crippen molar-refractivity contribution in [3.8, 4) is 5.75 Å². The zero-order chi connectivity index (χ0) is 34.7. The van der Waals surface area contributed by atoms with Gasteiger partial charge in [-0.05, 0) is 58.9 Å². The Labute approximate surface area is 288 Å². The highest BCUT2D eigenvalue weighted by Crippen LogP contribution is 2.60. The Bertz CT molecular complexity index is 1800. The third kappa shape index (κ3) is 5.17. The Morgan fingerprint density at radius 3 is 2.47 bits per heavy atom. The van der Waals surface area contributed by atoms with Gasteiger partial charge in [0.25, 0.3) is 5.91 Å². The first-order chi connectivity index (χ1) is 23.5. The molecule has 0 aromatic heterocycles. The summed E-state index contributed by atoms with van der Waals surface area (Å²) in [5.74, 6) is -0.151. The molecule has 2 saturated heterocycles. The molecule has 0 bridgehead atoms. The van der Waals surface area contributed by atoms with Crippen LogP contribution in [0.15, 0.2) is 79.4 Å². The van der Waals surface area contributed by atoms with Crippen molar-refractivity contribution in [2.45, 2.75) is 69.7 Å². The lowest BCUT2D eigenvalue weighted by Crippen LogP contribution is -2.48. The number of rotatable bonds is 9. The number of carbonyl (C=O) groups is 3. The van der Waals surface area contributed by atoms with Gasteiger partial charge in [0.15, 0.2) is 5.60 Å². The molecule has 0 unspecified atom stereocenters. The average Bonchev–Trinajstić information content (AvgIpc) is 3.53. The summed E-state index contributed by atoms with van der Waals surface area (Å²) in [6.07, 6.45) is 2.19. The number of nitrogens with zero attached hydrogens (tertiary/aromatic N) is 3. The van der Waals surface area contributed by atoms with Gasteiger partial charge in [-0.15, -0.1) is 6.58 Å². The number of amides is 3. The van der Waals surface area contributed by atoms with E-state index in [4.69, 9.17) is 9.47 Å². The number of fused-ring (bicyclic) bond motifs is 3.